The zero-order chi connectivity index (χ0) is 27.0. The fourth-order valence-corrected chi connectivity index (χ4v) is 5.05. The molecular formula is C23H28ClN5O7S. The summed E-state index contributed by atoms with van der Waals surface area (Å²) in [6.45, 7) is 1.81. The van der Waals surface area contributed by atoms with Gasteiger partial charge in [-0.15, -0.1) is 10.2 Å². The second-order valence-electron chi connectivity index (χ2n) is 8.77. The normalized spacial score (nSPS) is 21.4. The maximum Gasteiger partial charge on any atom is 0.306 e. The van der Waals surface area contributed by atoms with E-state index in [1.807, 2.05) is 4.90 Å². The molecule has 0 unspecified atom stereocenters. The number of aryl methyl sites for hydroxylation is 1. The van der Waals surface area contributed by atoms with Crippen LogP contribution in [0.15, 0.2) is 42.5 Å². The van der Waals surface area contributed by atoms with E-state index >= 15 is 0 Å². The standard InChI is InChI=1S/C23H28ClN5O7S/c1-23(22(33-3)34-4)21(30)20(17-12-16(36-37(5,31)32)10-11-18(17)35-23)29(13-19-25-27-28(2)26-19)15-8-6-14(24)7-9-15/h6-12,20-22,30H,13H2,1-5H3/t20-,21+,23-/m1/s1. The first-order valence-electron chi connectivity index (χ1n) is 11.2. The van der Waals surface area contributed by atoms with Gasteiger partial charge in [0, 0.05) is 30.5 Å². The lowest BCUT2D eigenvalue weighted by atomic mass is 9.83. The number of ether oxygens (including phenoxy) is 3. The van der Waals surface area contributed by atoms with Crippen molar-refractivity contribution in [3.63, 3.8) is 0 Å². The summed E-state index contributed by atoms with van der Waals surface area (Å²) in [4.78, 5) is 3.18. The van der Waals surface area contributed by atoms with E-state index in [1.54, 1.807) is 44.3 Å². The van der Waals surface area contributed by atoms with E-state index in [0.717, 1.165) is 6.26 Å². The molecule has 0 saturated heterocycles. The van der Waals surface area contributed by atoms with Gasteiger partial charge in [0.2, 0.25) is 0 Å². The first kappa shape index (κ1) is 27.1. The molecule has 0 bridgehead atoms. The third kappa shape index (κ3) is 5.65. The Morgan fingerprint density at radius 1 is 1.22 bits per heavy atom. The van der Waals surface area contributed by atoms with Crippen LogP contribution in [0, 0.1) is 0 Å². The number of aromatic nitrogens is 4. The van der Waals surface area contributed by atoms with Crippen molar-refractivity contribution in [1.29, 1.82) is 0 Å². The van der Waals surface area contributed by atoms with Crippen LogP contribution in [0.1, 0.15) is 24.4 Å². The van der Waals surface area contributed by atoms with Gasteiger partial charge in [-0.1, -0.05) is 11.6 Å². The van der Waals surface area contributed by atoms with Crippen molar-refractivity contribution in [2.45, 2.75) is 37.5 Å². The number of fused-ring (bicyclic) bond motifs is 1. The molecule has 2 aromatic carbocycles. The van der Waals surface area contributed by atoms with E-state index in [1.165, 1.54) is 31.1 Å². The maximum atomic E-state index is 11.9. The molecule has 0 fully saturated rings. The minimum absolute atomic E-state index is 0.0642. The van der Waals surface area contributed by atoms with Gasteiger partial charge in [0.25, 0.3) is 0 Å². The number of methoxy groups -OCH3 is 2. The third-order valence-electron chi connectivity index (χ3n) is 6.02. The van der Waals surface area contributed by atoms with Crippen LogP contribution in [-0.2, 0) is 33.2 Å². The Kier molecular flexibility index (Phi) is 7.62. The molecule has 4 rings (SSSR count). The highest BCUT2D eigenvalue weighted by molar-refractivity contribution is 7.86. The average Bonchev–Trinajstić information content (AvgIpc) is 3.24. The van der Waals surface area contributed by atoms with Gasteiger partial charge in [-0.2, -0.15) is 13.2 Å². The van der Waals surface area contributed by atoms with Gasteiger partial charge in [0.05, 0.1) is 25.9 Å². The maximum absolute atomic E-state index is 11.9. The first-order valence-corrected chi connectivity index (χ1v) is 13.4. The average molecular weight is 554 g/mol. The van der Waals surface area contributed by atoms with E-state index in [9.17, 15) is 13.5 Å². The Morgan fingerprint density at radius 2 is 1.89 bits per heavy atom. The summed E-state index contributed by atoms with van der Waals surface area (Å²) >= 11 is 6.15. The number of rotatable bonds is 9. The quantitative estimate of drug-likeness (QED) is 0.308. The number of aliphatic hydroxyl groups is 1. The highest BCUT2D eigenvalue weighted by Crippen LogP contribution is 2.47. The molecule has 12 nitrogen and oxygen atoms in total. The lowest BCUT2D eigenvalue weighted by Gasteiger charge is -2.49. The van der Waals surface area contributed by atoms with Crippen LogP contribution >= 0.6 is 11.6 Å². The predicted octanol–water partition coefficient (Wildman–Crippen LogP) is 2.08. The summed E-state index contributed by atoms with van der Waals surface area (Å²) in [6, 6.07) is 10.8. The Hall–Kier alpha value is -2.97. The van der Waals surface area contributed by atoms with Crippen molar-refractivity contribution in [2.24, 2.45) is 7.05 Å². The molecule has 3 atom stereocenters. The fourth-order valence-electron chi connectivity index (χ4n) is 4.47. The number of tetrazole rings is 1. The van der Waals surface area contributed by atoms with Crippen molar-refractivity contribution < 1.29 is 31.9 Å². The molecule has 14 heteroatoms. The number of anilines is 1. The largest absolute Gasteiger partial charge is 0.479 e. The molecular weight excluding hydrogens is 526 g/mol. The summed E-state index contributed by atoms with van der Waals surface area (Å²) in [7, 11) is 0.740. The number of aliphatic hydroxyl groups excluding tert-OH is 1. The lowest BCUT2D eigenvalue weighted by molar-refractivity contribution is -0.237. The number of halogens is 1. The van der Waals surface area contributed by atoms with E-state index in [0.29, 0.717) is 27.8 Å². The van der Waals surface area contributed by atoms with Gasteiger partial charge in [-0.05, 0) is 54.6 Å². The van der Waals surface area contributed by atoms with Crippen LogP contribution in [0.3, 0.4) is 0 Å². The van der Waals surface area contributed by atoms with Gasteiger partial charge in [0.1, 0.15) is 17.6 Å². The molecule has 2 heterocycles. The van der Waals surface area contributed by atoms with Crippen LogP contribution in [-0.4, -0.2) is 72.2 Å². The third-order valence-corrected chi connectivity index (χ3v) is 6.76. The molecule has 200 valence electrons. The van der Waals surface area contributed by atoms with Crippen molar-refractivity contribution in [3.05, 3.63) is 58.9 Å². The van der Waals surface area contributed by atoms with Crippen molar-refractivity contribution in [1.82, 2.24) is 20.2 Å². The summed E-state index contributed by atoms with van der Waals surface area (Å²) < 4.78 is 46.0. The van der Waals surface area contributed by atoms with Gasteiger partial charge < -0.3 is 28.4 Å². The minimum Gasteiger partial charge on any atom is -0.479 e. The molecule has 1 aliphatic heterocycles. The minimum atomic E-state index is -3.80. The molecule has 37 heavy (non-hydrogen) atoms. The number of hydrogen-bond donors (Lipinski definition) is 1. The van der Waals surface area contributed by atoms with E-state index in [-0.39, 0.29) is 12.3 Å². The van der Waals surface area contributed by atoms with E-state index in [4.69, 9.17) is 30.0 Å². The van der Waals surface area contributed by atoms with Crippen LogP contribution in [0.25, 0.3) is 0 Å². The zero-order valence-electron chi connectivity index (χ0n) is 20.9. The molecule has 1 aliphatic rings. The smallest absolute Gasteiger partial charge is 0.306 e. The second kappa shape index (κ2) is 10.4. The highest BCUT2D eigenvalue weighted by Gasteiger charge is 2.54. The molecule has 1 N–H and O–H groups in total. The molecule has 1 aromatic heterocycles. The molecule has 3 aromatic rings. The van der Waals surface area contributed by atoms with Crippen molar-refractivity contribution >= 4 is 27.4 Å². The van der Waals surface area contributed by atoms with Crippen LogP contribution in [0.5, 0.6) is 11.5 Å². The van der Waals surface area contributed by atoms with Crippen LogP contribution in [0.2, 0.25) is 5.02 Å². The predicted molar refractivity (Wildman–Crippen MR) is 134 cm³/mol. The first-order chi connectivity index (χ1) is 17.4. The van der Waals surface area contributed by atoms with Crippen molar-refractivity contribution in [3.8, 4) is 11.5 Å². The summed E-state index contributed by atoms with van der Waals surface area (Å²) in [5, 5.41) is 24.7. The summed E-state index contributed by atoms with van der Waals surface area (Å²) in [5.41, 5.74) is -0.228. The van der Waals surface area contributed by atoms with Gasteiger partial charge in [-0.25, -0.2) is 0 Å². The zero-order valence-corrected chi connectivity index (χ0v) is 22.5. The molecule has 0 spiro atoms. The summed E-state index contributed by atoms with van der Waals surface area (Å²) in [6.07, 6.45) is -1.26. The van der Waals surface area contributed by atoms with Crippen LogP contribution < -0.4 is 13.8 Å². The fraction of sp³-hybridized carbons (Fsp3) is 0.435. The highest BCUT2D eigenvalue weighted by atomic mass is 35.5. The SMILES string of the molecule is COC(OC)[C@]1(C)Oc2ccc(OS(C)(=O)=O)cc2[C@@H](N(Cc2nnn(C)n2)c2ccc(Cl)cc2)[C@@H]1O. The second-order valence-corrected chi connectivity index (χ2v) is 10.8. The monoisotopic (exact) mass is 553 g/mol. The molecule has 0 saturated carbocycles. The molecule has 0 amide bonds. The van der Waals surface area contributed by atoms with Crippen molar-refractivity contribution in [2.75, 3.05) is 25.4 Å². The van der Waals surface area contributed by atoms with Crippen LogP contribution in [0.4, 0.5) is 5.69 Å². The van der Waals surface area contributed by atoms with Gasteiger partial charge >= 0.3 is 10.1 Å². The topological polar surface area (TPSA) is 138 Å². The Labute approximate surface area is 219 Å². The van der Waals surface area contributed by atoms with Gasteiger partial charge in [-0.3, -0.25) is 0 Å². The van der Waals surface area contributed by atoms with Gasteiger partial charge in [0.15, 0.2) is 17.7 Å². The molecule has 0 aliphatic carbocycles. The summed E-state index contributed by atoms with van der Waals surface area (Å²) in [5.74, 6) is 0.830. The number of benzene rings is 2. The Morgan fingerprint density at radius 3 is 2.46 bits per heavy atom. The molecule has 0 radical (unpaired) electrons. The van der Waals surface area contributed by atoms with E-state index < -0.39 is 34.2 Å². The Bertz CT molecular complexity index is 1350. The number of nitrogens with zero attached hydrogens (tertiary/aromatic N) is 5. The van der Waals surface area contributed by atoms with E-state index in [2.05, 4.69) is 15.4 Å². The number of hydrogen-bond acceptors (Lipinski definition) is 11. The lowest BCUT2D eigenvalue weighted by Crippen LogP contribution is -2.62. The Balaban J connectivity index is 1.92.